The Labute approximate surface area is 156 Å². The van der Waals surface area contributed by atoms with Crippen LogP contribution in [0, 0.1) is 6.92 Å². The second-order valence-corrected chi connectivity index (χ2v) is 6.70. The number of hydrogen-bond donors (Lipinski definition) is 1. The highest BCUT2D eigenvalue weighted by Crippen LogP contribution is 2.28. The molecule has 1 N–H and O–H groups in total. The number of likely N-dealkylation sites (tertiary alicyclic amines) is 1. The Morgan fingerprint density at radius 2 is 1.96 bits per heavy atom. The molecule has 0 bridgehead atoms. The van der Waals surface area contributed by atoms with Crippen molar-refractivity contribution < 1.29 is 19.4 Å². The van der Waals surface area contributed by atoms with Crippen LogP contribution in [0.5, 0.6) is 5.75 Å². The van der Waals surface area contributed by atoms with Crippen LogP contribution in [0.3, 0.4) is 0 Å². The molecular formula is C18H20ClN3O4. The predicted molar refractivity (Wildman–Crippen MR) is 96.1 cm³/mol. The second kappa shape index (κ2) is 7.37. The summed E-state index contributed by atoms with van der Waals surface area (Å²) < 4.78 is 7.02. The number of carbonyl (C=O) groups is 2. The summed E-state index contributed by atoms with van der Waals surface area (Å²) >= 11 is 6.02. The van der Waals surface area contributed by atoms with Crippen molar-refractivity contribution in [2.24, 2.45) is 0 Å². The Hall–Kier alpha value is -2.54. The third-order valence-electron chi connectivity index (χ3n) is 4.76. The predicted octanol–water partition coefficient (Wildman–Crippen LogP) is 3.03. The van der Waals surface area contributed by atoms with E-state index in [0.29, 0.717) is 48.0 Å². The molecule has 1 fully saturated rings. The zero-order valence-electron chi connectivity index (χ0n) is 14.6. The molecule has 138 valence electrons. The monoisotopic (exact) mass is 377 g/mol. The maximum Gasteiger partial charge on any atom is 0.339 e. The second-order valence-electron chi connectivity index (χ2n) is 6.26. The molecule has 8 heteroatoms. The molecule has 1 aromatic heterocycles. The number of ether oxygens (including phenoxy) is 1. The lowest BCUT2D eigenvalue weighted by Crippen LogP contribution is -2.39. The summed E-state index contributed by atoms with van der Waals surface area (Å²) in [7, 11) is 1.52. The van der Waals surface area contributed by atoms with Crippen LogP contribution in [0.15, 0.2) is 24.4 Å². The van der Waals surface area contributed by atoms with Gasteiger partial charge in [0.1, 0.15) is 11.3 Å². The minimum Gasteiger partial charge on any atom is -0.496 e. The fourth-order valence-electron chi connectivity index (χ4n) is 3.33. The SMILES string of the molecule is COc1ccc(Cl)cc1C(=O)N1CCC(n2ncc(C(=O)O)c2C)CC1. The van der Waals surface area contributed by atoms with Crippen molar-refractivity contribution in [1.82, 2.24) is 14.7 Å². The molecule has 7 nitrogen and oxygen atoms in total. The van der Waals surface area contributed by atoms with Crippen LogP contribution < -0.4 is 4.74 Å². The number of rotatable bonds is 4. The van der Waals surface area contributed by atoms with Gasteiger partial charge in [-0.25, -0.2) is 4.79 Å². The molecule has 26 heavy (non-hydrogen) atoms. The summed E-state index contributed by atoms with van der Waals surface area (Å²) in [4.78, 5) is 25.8. The minimum atomic E-state index is -0.977. The first kappa shape index (κ1) is 18.3. The van der Waals surface area contributed by atoms with Crippen LogP contribution in [0.2, 0.25) is 5.02 Å². The van der Waals surface area contributed by atoms with Gasteiger partial charge in [0, 0.05) is 18.1 Å². The smallest absolute Gasteiger partial charge is 0.339 e. The largest absolute Gasteiger partial charge is 0.496 e. The molecule has 1 saturated heterocycles. The molecule has 1 amide bonds. The Morgan fingerprint density at radius 1 is 1.27 bits per heavy atom. The van der Waals surface area contributed by atoms with Crippen LogP contribution in [-0.2, 0) is 0 Å². The van der Waals surface area contributed by atoms with Crippen molar-refractivity contribution in [3.8, 4) is 5.75 Å². The number of piperidine rings is 1. The van der Waals surface area contributed by atoms with E-state index >= 15 is 0 Å². The van der Waals surface area contributed by atoms with Crippen LogP contribution in [-0.4, -0.2) is 51.9 Å². The van der Waals surface area contributed by atoms with Crippen molar-refractivity contribution >= 4 is 23.5 Å². The maximum atomic E-state index is 12.8. The number of benzene rings is 1. The third kappa shape index (κ3) is 3.39. The van der Waals surface area contributed by atoms with E-state index in [1.54, 1.807) is 34.7 Å². The van der Waals surface area contributed by atoms with Crippen LogP contribution in [0.25, 0.3) is 0 Å². The summed E-state index contributed by atoms with van der Waals surface area (Å²) in [5.74, 6) is -0.601. The molecule has 1 aromatic carbocycles. The van der Waals surface area contributed by atoms with E-state index in [9.17, 15) is 9.59 Å². The topological polar surface area (TPSA) is 84.7 Å². The van der Waals surface area contributed by atoms with Gasteiger partial charge in [0.2, 0.25) is 0 Å². The summed E-state index contributed by atoms with van der Waals surface area (Å²) in [6.45, 7) is 2.87. The summed E-state index contributed by atoms with van der Waals surface area (Å²) in [6.07, 6.45) is 2.79. The minimum absolute atomic E-state index is 0.0772. The zero-order valence-corrected chi connectivity index (χ0v) is 15.4. The lowest BCUT2D eigenvalue weighted by atomic mass is 10.0. The quantitative estimate of drug-likeness (QED) is 0.885. The maximum absolute atomic E-state index is 12.8. The summed E-state index contributed by atoms with van der Waals surface area (Å²) in [6, 6.07) is 5.06. The van der Waals surface area contributed by atoms with Crippen LogP contribution in [0.4, 0.5) is 0 Å². The average Bonchev–Trinajstić information content (AvgIpc) is 3.03. The van der Waals surface area contributed by atoms with E-state index in [-0.39, 0.29) is 17.5 Å². The molecular weight excluding hydrogens is 358 g/mol. The highest BCUT2D eigenvalue weighted by Gasteiger charge is 2.28. The van der Waals surface area contributed by atoms with Gasteiger partial charge in [-0.3, -0.25) is 9.48 Å². The number of amides is 1. The van der Waals surface area contributed by atoms with Crippen molar-refractivity contribution in [3.05, 3.63) is 46.2 Å². The van der Waals surface area contributed by atoms with Crippen molar-refractivity contribution in [3.63, 3.8) is 0 Å². The summed E-state index contributed by atoms with van der Waals surface area (Å²) in [5, 5.41) is 13.9. The molecule has 1 aliphatic heterocycles. The van der Waals surface area contributed by atoms with Gasteiger partial charge in [-0.2, -0.15) is 5.10 Å². The zero-order chi connectivity index (χ0) is 18.8. The van der Waals surface area contributed by atoms with Gasteiger partial charge in [-0.1, -0.05) is 11.6 Å². The lowest BCUT2D eigenvalue weighted by molar-refractivity contribution is 0.0685. The summed E-state index contributed by atoms with van der Waals surface area (Å²) in [5.41, 5.74) is 1.30. The van der Waals surface area contributed by atoms with Gasteiger partial charge in [0.25, 0.3) is 5.91 Å². The van der Waals surface area contributed by atoms with Crippen molar-refractivity contribution in [2.45, 2.75) is 25.8 Å². The molecule has 0 radical (unpaired) electrons. The van der Waals surface area contributed by atoms with E-state index in [2.05, 4.69) is 5.10 Å². The molecule has 0 spiro atoms. The van der Waals surface area contributed by atoms with Gasteiger partial charge in [0.15, 0.2) is 0 Å². The number of nitrogens with zero attached hydrogens (tertiary/aromatic N) is 3. The fraction of sp³-hybridized carbons (Fsp3) is 0.389. The third-order valence-corrected chi connectivity index (χ3v) is 5.00. The highest BCUT2D eigenvalue weighted by molar-refractivity contribution is 6.31. The van der Waals surface area contributed by atoms with E-state index < -0.39 is 5.97 Å². The molecule has 0 saturated carbocycles. The number of aromatic nitrogens is 2. The van der Waals surface area contributed by atoms with E-state index in [4.69, 9.17) is 21.4 Å². The van der Waals surface area contributed by atoms with Gasteiger partial charge < -0.3 is 14.7 Å². The van der Waals surface area contributed by atoms with Gasteiger partial charge in [-0.05, 0) is 38.0 Å². The molecule has 0 unspecified atom stereocenters. The number of carboxylic acids is 1. The normalized spacial score (nSPS) is 15.1. The number of carboxylic acid groups (broad SMARTS) is 1. The Balaban J connectivity index is 1.72. The molecule has 2 heterocycles. The highest BCUT2D eigenvalue weighted by atomic mass is 35.5. The van der Waals surface area contributed by atoms with Crippen LogP contribution >= 0.6 is 11.6 Å². The van der Waals surface area contributed by atoms with Gasteiger partial charge in [-0.15, -0.1) is 0 Å². The Kier molecular flexibility index (Phi) is 5.18. The number of aromatic carboxylic acids is 1. The lowest BCUT2D eigenvalue weighted by Gasteiger charge is -2.33. The fourth-order valence-corrected chi connectivity index (χ4v) is 3.50. The first-order chi connectivity index (χ1) is 12.4. The molecule has 2 aromatic rings. The van der Waals surface area contributed by atoms with Gasteiger partial charge >= 0.3 is 5.97 Å². The average molecular weight is 378 g/mol. The standard InChI is InChI=1S/C18H20ClN3O4/c1-11-15(18(24)25)10-20-22(11)13-5-7-21(8-6-13)17(23)14-9-12(19)3-4-16(14)26-2/h3-4,9-10,13H,5-8H2,1-2H3,(H,24,25). The van der Waals surface area contributed by atoms with Gasteiger partial charge in [0.05, 0.1) is 30.6 Å². The Morgan fingerprint density at radius 3 is 2.54 bits per heavy atom. The van der Waals surface area contributed by atoms with Crippen LogP contribution in [0.1, 0.15) is 45.3 Å². The Bertz CT molecular complexity index is 841. The first-order valence-corrected chi connectivity index (χ1v) is 8.70. The van der Waals surface area contributed by atoms with Crippen molar-refractivity contribution in [1.29, 1.82) is 0 Å². The molecule has 0 aliphatic carbocycles. The van der Waals surface area contributed by atoms with E-state index in [1.165, 1.54) is 13.3 Å². The number of halogens is 1. The van der Waals surface area contributed by atoms with E-state index in [0.717, 1.165) is 0 Å². The van der Waals surface area contributed by atoms with Crippen molar-refractivity contribution in [2.75, 3.05) is 20.2 Å². The first-order valence-electron chi connectivity index (χ1n) is 8.32. The number of methoxy groups -OCH3 is 1. The molecule has 3 rings (SSSR count). The van der Waals surface area contributed by atoms with E-state index in [1.807, 2.05) is 0 Å². The number of hydrogen-bond acceptors (Lipinski definition) is 4. The number of carbonyl (C=O) groups excluding carboxylic acids is 1. The molecule has 1 aliphatic rings. The molecule has 0 atom stereocenters.